The second kappa shape index (κ2) is 9.14. The van der Waals surface area contributed by atoms with Gasteiger partial charge in [0.05, 0.1) is 5.69 Å². The highest BCUT2D eigenvalue weighted by atomic mass is 19.1. The molecule has 9 nitrogen and oxygen atoms in total. The van der Waals surface area contributed by atoms with Crippen LogP contribution < -0.4 is 5.32 Å². The van der Waals surface area contributed by atoms with Gasteiger partial charge in [-0.2, -0.15) is 0 Å². The molecule has 2 unspecified atom stereocenters. The number of nitrogens with one attached hydrogen (secondary N) is 1. The van der Waals surface area contributed by atoms with Gasteiger partial charge < -0.3 is 19.7 Å². The standard InChI is InChI=1S/C23H25FN6O3/c1-32-14-19(31)29-10-7-17(8-11-29)26-22-25-9-6-18(27-22)21-20(15-2-4-16(24)5-3-15)28-23-30(21)12-13-33-23/h2-6,9,12-13,17,20-21H,7-8,10-11,14H2,1H3,(H,25,26,27). The molecule has 1 fully saturated rings. The van der Waals surface area contributed by atoms with Crippen LogP contribution in [0.5, 0.6) is 0 Å². The Bertz CT molecular complexity index is 1070. The second-order valence-corrected chi connectivity index (χ2v) is 8.20. The third kappa shape index (κ3) is 4.38. The van der Waals surface area contributed by atoms with E-state index in [0.29, 0.717) is 25.1 Å². The Morgan fingerprint density at radius 3 is 2.79 bits per heavy atom. The molecule has 2 atom stereocenters. The molecule has 0 radical (unpaired) electrons. The molecule has 172 valence electrons. The number of aromatic nitrogens is 2. The summed E-state index contributed by atoms with van der Waals surface area (Å²) < 4.78 is 23.9. The van der Waals surface area contributed by atoms with Gasteiger partial charge in [-0.3, -0.25) is 9.69 Å². The Labute approximate surface area is 190 Å². The summed E-state index contributed by atoms with van der Waals surface area (Å²) in [5.74, 6) is 0.254. The van der Waals surface area contributed by atoms with Gasteiger partial charge in [0, 0.05) is 38.6 Å². The van der Waals surface area contributed by atoms with E-state index in [9.17, 15) is 9.18 Å². The zero-order chi connectivity index (χ0) is 22.8. The number of carbonyl (C=O) groups is 1. The molecule has 1 amide bonds. The molecule has 3 aliphatic heterocycles. The van der Waals surface area contributed by atoms with E-state index in [1.54, 1.807) is 24.6 Å². The molecule has 10 heteroatoms. The zero-order valence-electron chi connectivity index (χ0n) is 18.2. The molecule has 4 heterocycles. The van der Waals surface area contributed by atoms with Gasteiger partial charge in [-0.25, -0.2) is 19.4 Å². The summed E-state index contributed by atoms with van der Waals surface area (Å²) in [5, 5.41) is 3.41. The lowest BCUT2D eigenvalue weighted by Crippen LogP contribution is -2.43. The number of benzene rings is 1. The van der Waals surface area contributed by atoms with Crippen molar-refractivity contribution < 1.29 is 18.7 Å². The largest absolute Gasteiger partial charge is 0.432 e. The maximum atomic E-state index is 13.5. The van der Waals surface area contributed by atoms with Crippen LogP contribution in [0.25, 0.3) is 0 Å². The van der Waals surface area contributed by atoms with Gasteiger partial charge in [0.2, 0.25) is 11.9 Å². The summed E-state index contributed by atoms with van der Waals surface area (Å²) in [6.45, 7) is 1.45. The highest BCUT2D eigenvalue weighted by Crippen LogP contribution is 2.43. The summed E-state index contributed by atoms with van der Waals surface area (Å²) in [5.41, 5.74) is 1.66. The molecular formula is C23H25FN6O3. The van der Waals surface area contributed by atoms with Crippen LogP contribution >= 0.6 is 0 Å². The van der Waals surface area contributed by atoms with Crippen molar-refractivity contribution in [3.63, 3.8) is 0 Å². The number of halogens is 1. The summed E-state index contributed by atoms with van der Waals surface area (Å²) >= 11 is 0. The zero-order valence-corrected chi connectivity index (χ0v) is 18.2. The quantitative estimate of drug-likeness (QED) is 0.720. The topological polar surface area (TPSA) is 92.2 Å². The minimum absolute atomic E-state index is 0.0129. The van der Waals surface area contributed by atoms with Crippen LogP contribution in [-0.4, -0.2) is 64.5 Å². The summed E-state index contributed by atoms with van der Waals surface area (Å²) in [6, 6.07) is 8.35. The Kier molecular flexibility index (Phi) is 5.91. The first-order valence-electron chi connectivity index (χ1n) is 10.9. The normalized spacial score (nSPS) is 22.2. The molecule has 0 saturated carbocycles. The molecule has 0 aliphatic carbocycles. The van der Waals surface area contributed by atoms with Crippen LogP contribution in [0.4, 0.5) is 10.3 Å². The van der Waals surface area contributed by atoms with Gasteiger partial charge in [0.15, 0.2) is 0 Å². The van der Waals surface area contributed by atoms with Gasteiger partial charge >= 0.3 is 0 Å². The number of fused-ring (bicyclic) bond motifs is 1. The van der Waals surface area contributed by atoms with Gasteiger partial charge in [-0.05, 0) is 36.6 Å². The van der Waals surface area contributed by atoms with E-state index in [4.69, 9.17) is 19.5 Å². The van der Waals surface area contributed by atoms with Crippen LogP contribution in [0.1, 0.15) is 36.2 Å². The van der Waals surface area contributed by atoms with Crippen LogP contribution in [-0.2, 0) is 14.3 Å². The number of anilines is 1. The molecule has 1 saturated heterocycles. The maximum Gasteiger partial charge on any atom is 0.298 e. The van der Waals surface area contributed by atoms with Crippen molar-refractivity contribution in [3.05, 3.63) is 66.1 Å². The number of carbonyl (C=O) groups excluding carboxylic acids is 1. The Morgan fingerprint density at radius 2 is 2.03 bits per heavy atom. The van der Waals surface area contributed by atoms with E-state index in [2.05, 4.69) is 10.3 Å². The predicted molar refractivity (Wildman–Crippen MR) is 119 cm³/mol. The van der Waals surface area contributed by atoms with Crippen molar-refractivity contribution in [2.45, 2.75) is 31.0 Å². The van der Waals surface area contributed by atoms with Crippen molar-refractivity contribution in [1.29, 1.82) is 0 Å². The van der Waals surface area contributed by atoms with Gasteiger partial charge in [-0.15, -0.1) is 0 Å². The molecule has 1 aromatic carbocycles. The number of amidine groups is 1. The van der Waals surface area contributed by atoms with Gasteiger partial charge in [-0.1, -0.05) is 12.1 Å². The number of aliphatic imine (C=N–C) groups is 1. The molecule has 5 rings (SSSR count). The first kappa shape index (κ1) is 21.3. The average molecular weight is 452 g/mol. The summed E-state index contributed by atoms with van der Waals surface area (Å²) in [4.78, 5) is 29.7. The van der Waals surface area contributed by atoms with Crippen molar-refractivity contribution in [1.82, 2.24) is 19.8 Å². The number of ether oxygens (including phenoxy) is 2. The lowest BCUT2D eigenvalue weighted by molar-refractivity contribution is -0.136. The van der Waals surface area contributed by atoms with Crippen LogP contribution in [0.15, 0.2) is 54.0 Å². The minimum atomic E-state index is -0.291. The van der Waals surface area contributed by atoms with Crippen molar-refractivity contribution in [3.8, 4) is 0 Å². The Morgan fingerprint density at radius 1 is 1.24 bits per heavy atom. The van der Waals surface area contributed by atoms with E-state index in [1.165, 1.54) is 19.2 Å². The second-order valence-electron chi connectivity index (χ2n) is 8.20. The fraction of sp³-hybridized carbons (Fsp3) is 0.391. The third-order valence-electron chi connectivity index (χ3n) is 6.10. The molecule has 0 bridgehead atoms. The molecule has 2 aromatic rings. The molecule has 33 heavy (non-hydrogen) atoms. The number of nitrogens with zero attached hydrogens (tertiary/aromatic N) is 5. The fourth-order valence-electron chi connectivity index (χ4n) is 4.43. The predicted octanol–water partition coefficient (Wildman–Crippen LogP) is 2.62. The van der Waals surface area contributed by atoms with Crippen LogP contribution in [0, 0.1) is 5.82 Å². The van der Waals surface area contributed by atoms with Crippen molar-refractivity contribution in [2.75, 3.05) is 32.1 Å². The SMILES string of the molecule is COCC(=O)N1CCC(Nc2nccc(C3C(c4ccc(F)cc4)N=C4OC=CN43)n2)CC1. The number of likely N-dealkylation sites (tertiary alicyclic amines) is 1. The monoisotopic (exact) mass is 452 g/mol. The Hall–Kier alpha value is -3.53. The van der Waals surface area contributed by atoms with Crippen LogP contribution in [0.3, 0.4) is 0 Å². The van der Waals surface area contributed by atoms with Gasteiger partial charge in [0.25, 0.3) is 6.02 Å². The maximum absolute atomic E-state index is 13.5. The number of amides is 1. The van der Waals surface area contributed by atoms with Crippen molar-refractivity contribution in [2.24, 2.45) is 4.99 Å². The summed E-state index contributed by atoms with van der Waals surface area (Å²) in [7, 11) is 1.53. The molecular weight excluding hydrogens is 427 g/mol. The van der Waals surface area contributed by atoms with E-state index < -0.39 is 0 Å². The highest BCUT2D eigenvalue weighted by molar-refractivity contribution is 5.80. The average Bonchev–Trinajstić information content (AvgIpc) is 3.42. The van der Waals surface area contributed by atoms with E-state index >= 15 is 0 Å². The Balaban J connectivity index is 1.31. The number of hydrogen-bond acceptors (Lipinski definition) is 8. The van der Waals surface area contributed by atoms with Crippen LogP contribution in [0.2, 0.25) is 0 Å². The number of rotatable bonds is 6. The molecule has 0 spiro atoms. The number of methoxy groups -OCH3 is 1. The molecule has 3 aliphatic rings. The molecule has 1 aromatic heterocycles. The number of hydrogen-bond donors (Lipinski definition) is 1. The first-order chi connectivity index (χ1) is 16.1. The third-order valence-corrected chi connectivity index (χ3v) is 6.10. The highest BCUT2D eigenvalue weighted by Gasteiger charge is 2.41. The molecule has 1 N–H and O–H groups in total. The van der Waals surface area contributed by atoms with Crippen molar-refractivity contribution >= 4 is 17.9 Å². The first-order valence-corrected chi connectivity index (χ1v) is 10.9. The lowest BCUT2D eigenvalue weighted by atomic mass is 9.97. The fourth-order valence-corrected chi connectivity index (χ4v) is 4.43. The summed E-state index contributed by atoms with van der Waals surface area (Å²) in [6.07, 6.45) is 6.75. The number of piperidine rings is 1. The smallest absolute Gasteiger partial charge is 0.298 e. The van der Waals surface area contributed by atoms with E-state index in [-0.39, 0.29) is 36.5 Å². The van der Waals surface area contributed by atoms with E-state index in [1.807, 2.05) is 22.1 Å². The minimum Gasteiger partial charge on any atom is -0.432 e. The van der Waals surface area contributed by atoms with Gasteiger partial charge in [0.1, 0.15) is 30.8 Å². The lowest BCUT2D eigenvalue weighted by Gasteiger charge is -2.32. The van der Waals surface area contributed by atoms with E-state index in [0.717, 1.165) is 24.1 Å².